The number of carbonyl (C=O) groups excluding carboxylic acids is 2. The molecule has 0 unspecified atom stereocenters. The lowest BCUT2D eigenvalue weighted by Gasteiger charge is -2.12. The summed E-state index contributed by atoms with van der Waals surface area (Å²) in [6.45, 7) is 4.15. The van der Waals surface area contributed by atoms with E-state index in [1.54, 1.807) is 36.5 Å². The fourth-order valence-electron chi connectivity index (χ4n) is 3.88. The van der Waals surface area contributed by atoms with Crippen molar-refractivity contribution in [2.75, 3.05) is 7.05 Å². The van der Waals surface area contributed by atoms with Crippen molar-refractivity contribution in [1.29, 1.82) is 0 Å². The summed E-state index contributed by atoms with van der Waals surface area (Å²) in [5.41, 5.74) is 1.97. The van der Waals surface area contributed by atoms with Crippen molar-refractivity contribution >= 4 is 38.3 Å². The van der Waals surface area contributed by atoms with Gasteiger partial charge in [-0.2, -0.15) is 0 Å². The normalized spacial score (nSPS) is 13.4. The number of amides is 2. The summed E-state index contributed by atoms with van der Waals surface area (Å²) in [6, 6.07) is 12.9. The monoisotopic (exact) mass is 501 g/mol. The van der Waals surface area contributed by atoms with Crippen molar-refractivity contribution in [3.8, 4) is 0 Å². The van der Waals surface area contributed by atoms with Crippen molar-refractivity contribution in [2.24, 2.45) is 0 Å². The average molecular weight is 502 g/mol. The number of benzene rings is 1. The molecule has 0 atom stereocenters. The highest BCUT2D eigenvalue weighted by molar-refractivity contribution is 7.90. The second-order valence-electron chi connectivity index (χ2n) is 8.48. The fourth-order valence-corrected chi connectivity index (χ4v) is 5.24. The molecule has 0 aliphatic heterocycles. The zero-order valence-electron chi connectivity index (χ0n) is 19.4. The number of pyridine rings is 2. The van der Waals surface area contributed by atoms with E-state index in [1.807, 2.05) is 0 Å². The molecule has 3 heterocycles. The number of rotatable bonds is 7. The Morgan fingerprint density at radius 1 is 1.03 bits per heavy atom. The number of nitrogens with zero attached hydrogens (tertiary/aromatic N) is 3. The second-order valence-corrected chi connectivity index (χ2v) is 10.3. The van der Waals surface area contributed by atoms with Crippen LogP contribution in [0.5, 0.6) is 0 Å². The molecule has 9 nitrogen and oxygen atoms in total. The molecule has 1 aromatic carbocycles. The van der Waals surface area contributed by atoms with Crippen molar-refractivity contribution < 1.29 is 18.0 Å². The van der Waals surface area contributed by atoms with Gasteiger partial charge in [0.25, 0.3) is 21.8 Å². The quantitative estimate of drug-likeness (QED) is 0.401. The lowest BCUT2D eigenvalue weighted by Crippen LogP contribution is -2.27. The van der Waals surface area contributed by atoms with E-state index >= 15 is 0 Å². The van der Waals surface area contributed by atoms with E-state index in [4.69, 9.17) is 0 Å². The molecule has 1 aliphatic carbocycles. The molecule has 0 saturated heterocycles. The van der Waals surface area contributed by atoms with Gasteiger partial charge in [0, 0.05) is 47.6 Å². The van der Waals surface area contributed by atoms with E-state index in [0.717, 1.165) is 12.8 Å². The van der Waals surface area contributed by atoms with E-state index in [0.29, 0.717) is 27.7 Å². The average Bonchev–Trinajstić information content (AvgIpc) is 3.61. The van der Waals surface area contributed by atoms with Crippen LogP contribution in [0.2, 0.25) is 0 Å². The molecule has 3 aromatic heterocycles. The van der Waals surface area contributed by atoms with Gasteiger partial charge in [-0.3, -0.25) is 14.6 Å². The first-order chi connectivity index (χ1) is 17.3. The Labute approximate surface area is 207 Å². The maximum atomic E-state index is 13.2. The lowest BCUT2D eigenvalue weighted by atomic mass is 10.0. The Hall–Kier alpha value is -4.31. The van der Waals surface area contributed by atoms with Gasteiger partial charge in [-0.15, -0.1) is 0 Å². The zero-order chi connectivity index (χ0) is 25.4. The van der Waals surface area contributed by atoms with Crippen molar-refractivity contribution in [1.82, 2.24) is 24.6 Å². The smallest absolute Gasteiger partial charge is 0.269 e. The third-order valence-corrected chi connectivity index (χ3v) is 7.68. The minimum atomic E-state index is -3.85. The molecule has 0 radical (unpaired) electrons. The van der Waals surface area contributed by atoms with Gasteiger partial charge in [0.05, 0.1) is 22.3 Å². The van der Waals surface area contributed by atoms with E-state index in [1.165, 1.54) is 41.6 Å². The van der Waals surface area contributed by atoms with Crippen LogP contribution in [-0.4, -0.2) is 47.3 Å². The zero-order valence-corrected chi connectivity index (χ0v) is 20.2. The molecule has 0 spiro atoms. The summed E-state index contributed by atoms with van der Waals surface area (Å²) >= 11 is 0. The predicted octanol–water partition coefficient (Wildman–Crippen LogP) is 2.98. The van der Waals surface area contributed by atoms with E-state index < -0.39 is 15.9 Å². The third kappa shape index (κ3) is 4.27. The first-order valence-corrected chi connectivity index (χ1v) is 12.7. The van der Waals surface area contributed by atoms with Crippen molar-refractivity contribution in [3.05, 3.63) is 96.2 Å². The van der Waals surface area contributed by atoms with Crippen LogP contribution >= 0.6 is 0 Å². The largest absolute Gasteiger partial charge is 0.354 e. The molecule has 2 N–H and O–H groups in total. The molecule has 1 aliphatic rings. The minimum absolute atomic E-state index is 0.0708. The summed E-state index contributed by atoms with van der Waals surface area (Å²) < 4.78 is 27.6. The van der Waals surface area contributed by atoms with Gasteiger partial charge in [0.1, 0.15) is 5.69 Å². The van der Waals surface area contributed by atoms with Crippen molar-refractivity contribution in [2.45, 2.75) is 23.8 Å². The molecule has 10 heteroatoms. The Balaban J connectivity index is 1.59. The number of fused-ring (bicyclic) bond motifs is 1. The van der Waals surface area contributed by atoms with Gasteiger partial charge < -0.3 is 10.6 Å². The summed E-state index contributed by atoms with van der Waals surface area (Å²) in [4.78, 5) is 33.9. The van der Waals surface area contributed by atoms with Gasteiger partial charge in [-0.1, -0.05) is 24.8 Å². The maximum Gasteiger partial charge on any atom is 0.269 e. The Morgan fingerprint density at radius 2 is 1.75 bits per heavy atom. The van der Waals surface area contributed by atoms with Crippen LogP contribution in [-0.2, 0) is 10.0 Å². The van der Waals surface area contributed by atoms with Crippen LogP contribution < -0.4 is 10.6 Å². The molecule has 4 aromatic rings. The summed E-state index contributed by atoms with van der Waals surface area (Å²) in [5, 5.41) is 6.03. The Morgan fingerprint density at radius 3 is 2.44 bits per heavy atom. The molecule has 36 heavy (non-hydrogen) atoms. The maximum absolute atomic E-state index is 13.2. The summed E-state index contributed by atoms with van der Waals surface area (Å²) in [7, 11) is -2.37. The highest BCUT2D eigenvalue weighted by Crippen LogP contribution is 2.30. The van der Waals surface area contributed by atoms with Gasteiger partial charge in [-0.25, -0.2) is 17.4 Å². The highest BCUT2D eigenvalue weighted by Gasteiger charge is 2.25. The van der Waals surface area contributed by atoms with Gasteiger partial charge in [0.15, 0.2) is 0 Å². The second kappa shape index (κ2) is 9.04. The van der Waals surface area contributed by atoms with Gasteiger partial charge >= 0.3 is 0 Å². The van der Waals surface area contributed by atoms with Crippen LogP contribution in [0.25, 0.3) is 16.5 Å². The molecule has 1 fully saturated rings. The Bertz CT molecular complexity index is 1620. The molecule has 0 bridgehead atoms. The van der Waals surface area contributed by atoms with Crippen molar-refractivity contribution in [3.63, 3.8) is 0 Å². The van der Waals surface area contributed by atoms with Crippen LogP contribution in [0.1, 0.15) is 44.9 Å². The molecular formula is C26H23N5O4S. The highest BCUT2D eigenvalue weighted by atomic mass is 32.2. The summed E-state index contributed by atoms with van der Waals surface area (Å²) in [6.07, 6.45) is 6.34. The van der Waals surface area contributed by atoms with Crippen LogP contribution in [0.4, 0.5) is 0 Å². The SMILES string of the molecule is C=C(c1cc(C(=O)NC2CC2)cc(C(=O)NC)n1)c1cncc2c1ccn2S(=O)(=O)c1ccccc1. The number of hydrogen-bond acceptors (Lipinski definition) is 6. The van der Waals surface area contributed by atoms with Gasteiger partial charge in [0.2, 0.25) is 0 Å². The minimum Gasteiger partial charge on any atom is -0.354 e. The summed E-state index contributed by atoms with van der Waals surface area (Å²) in [5.74, 6) is -0.739. The standard InChI is InChI=1S/C26H23N5O4S/c1-16(22-12-17(25(32)29-18-8-9-18)13-23(30-22)26(33)27-2)21-14-28-15-24-20(21)10-11-31(24)36(34,35)19-6-4-3-5-7-19/h3-7,10-15,18H,1,8-9H2,2H3,(H,27,33)(H,29,32). The Kier molecular flexibility index (Phi) is 5.89. The number of nitrogens with one attached hydrogen (secondary N) is 2. The third-order valence-electron chi connectivity index (χ3n) is 5.97. The van der Waals surface area contributed by atoms with E-state index in [-0.39, 0.29) is 28.1 Å². The topological polar surface area (TPSA) is 123 Å². The van der Waals surface area contributed by atoms with Crippen LogP contribution in [0.3, 0.4) is 0 Å². The van der Waals surface area contributed by atoms with Gasteiger partial charge in [-0.05, 0) is 43.2 Å². The number of carbonyl (C=O) groups is 2. The lowest BCUT2D eigenvalue weighted by molar-refractivity contribution is 0.0951. The first kappa shape index (κ1) is 23.4. The molecule has 5 rings (SSSR count). The van der Waals surface area contributed by atoms with Crippen LogP contribution in [0.15, 0.2) is 78.6 Å². The molecule has 182 valence electrons. The number of aromatic nitrogens is 3. The molecule has 2 amide bonds. The van der Waals surface area contributed by atoms with Crippen LogP contribution in [0, 0.1) is 0 Å². The van der Waals surface area contributed by atoms with E-state index in [9.17, 15) is 18.0 Å². The van der Waals surface area contributed by atoms with E-state index in [2.05, 4.69) is 27.2 Å². The molecule has 1 saturated carbocycles. The first-order valence-electron chi connectivity index (χ1n) is 11.3. The fraction of sp³-hybridized carbons (Fsp3) is 0.154. The molecular weight excluding hydrogens is 478 g/mol. The predicted molar refractivity (Wildman–Crippen MR) is 135 cm³/mol. The number of hydrogen-bond donors (Lipinski definition) is 2.